The van der Waals surface area contributed by atoms with Crippen LogP contribution in [-0.4, -0.2) is 34.5 Å². The van der Waals surface area contributed by atoms with Crippen molar-refractivity contribution in [2.24, 2.45) is 10.7 Å². The van der Waals surface area contributed by atoms with Crippen LogP contribution in [0.5, 0.6) is 0 Å². The molecule has 0 saturated heterocycles. The maximum absolute atomic E-state index is 12.6. The normalized spacial score (nSPS) is 13.2. The topological polar surface area (TPSA) is 82.5 Å². The Bertz CT molecular complexity index is 800. The molecule has 1 atom stereocenters. The van der Waals surface area contributed by atoms with E-state index in [0.717, 1.165) is 13.3 Å². The van der Waals surface area contributed by atoms with Crippen LogP contribution >= 0.6 is 11.6 Å². The van der Waals surface area contributed by atoms with E-state index in [1.54, 1.807) is 31.2 Å². The van der Waals surface area contributed by atoms with Gasteiger partial charge in [-0.3, -0.25) is 0 Å². The van der Waals surface area contributed by atoms with Crippen molar-refractivity contribution in [2.75, 3.05) is 0 Å². The van der Waals surface area contributed by atoms with Gasteiger partial charge < -0.3 is 10.5 Å². The van der Waals surface area contributed by atoms with Gasteiger partial charge in [0.1, 0.15) is 0 Å². The van der Waals surface area contributed by atoms with Crippen LogP contribution in [0.4, 0.5) is 23.8 Å². The zero-order chi connectivity index (χ0) is 18.8. The summed E-state index contributed by atoms with van der Waals surface area (Å²) in [6.45, 7) is 2.30. The molecule has 0 aliphatic heterocycles. The third-order valence-corrected chi connectivity index (χ3v) is 3.53. The molecule has 25 heavy (non-hydrogen) atoms. The number of alkyl halides is 3. The van der Waals surface area contributed by atoms with Crippen molar-refractivity contribution in [3.05, 3.63) is 35.0 Å². The molecule has 2 rings (SSSR count). The molecule has 134 valence electrons. The molecule has 0 aliphatic carbocycles. The van der Waals surface area contributed by atoms with Gasteiger partial charge in [-0.25, -0.2) is 9.79 Å². The Morgan fingerprint density at radius 3 is 2.52 bits per heavy atom. The Hall–Kier alpha value is -2.55. The lowest BCUT2D eigenvalue weighted by Gasteiger charge is -2.16. The molecular formula is C15H14ClF3N4O2. The number of aromatic nitrogens is 2. The summed E-state index contributed by atoms with van der Waals surface area (Å²) < 4.78 is 42.8. The van der Waals surface area contributed by atoms with Gasteiger partial charge in [-0.05, 0) is 31.5 Å². The predicted octanol–water partition coefficient (Wildman–Crippen LogP) is 4.07. The summed E-state index contributed by atoms with van der Waals surface area (Å²) in [4.78, 5) is 15.9. The van der Waals surface area contributed by atoms with Crippen molar-refractivity contribution >= 4 is 29.9 Å². The molecule has 1 aromatic carbocycles. The van der Waals surface area contributed by atoms with Gasteiger partial charge in [-0.1, -0.05) is 23.7 Å². The van der Waals surface area contributed by atoms with Crippen molar-refractivity contribution in [3.8, 4) is 11.1 Å². The summed E-state index contributed by atoms with van der Waals surface area (Å²) in [5.41, 5.74) is 6.70. The van der Waals surface area contributed by atoms with E-state index in [1.165, 1.54) is 0 Å². The summed E-state index contributed by atoms with van der Waals surface area (Å²) in [5.74, 6) is -0.0401. The average molecular weight is 375 g/mol. The van der Waals surface area contributed by atoms with Gasteiger partial charge in [-0.15, -0.1) is 4.68 Å². The Labute approximate surface area is 146 Å². The van der Waals surface area contributed by atoms with Gasteiger partial charge in [-0.2, -0.15) is 18.3 Å². The largest absolute Gasteiger partial charge is 0.437 e. The molecule has 1 heterocycles. The minimum atomic E-state index is -4.69. The highest BCUT2D eigenvalue weighted by Gasteiger charge is 2.40. The number of nitrogens with zero attached hydrogens (tertiary/aromatic N) is 3. The standard InChI is InChI=1S/C15H14ClF3N4O2/c1-8-12(10-3-5-11(16)6-4-10)13(21-7-20)23(22-8)14(24)25-9(2)15(17,18)19/h3-7,9H,1-2H3,(H2,20,21). The first-order chi connectivity index (χ1) is 11.6. The molecule has 0 aliphatic rings. The van der Waals surface area contributed by atoms with Crippen LogP contribution in [0.25, 0.3) is 11.1 Å². The fourth-order valence-electron chi connectivity index (χ4n) is 2.05. The SMILES string of the molecule is Cc1nn(C(=O)OC(C)C(F)(F)F)c(/N=C\N)c1-c1ccc(Cl)cc1. The average Bonchev–Trinajstić information content (AvgIpc) is 2.84. The van der Waals surface area contributed by atoms with E-state index in [-0.39, 0.29) is 5.82 Å². The van der Waals surface area contributed by atoms with Crippen molar-refractivity contribution in [1.29, 1.82) is 0 Å². The van der Waals surface area contributed by atoms with Crippen LogP contribution in [0.2, 0.25) is 5.02 Å². The molecule has 2 N–H and O–H groups in total. The molecule has 1 aromatic heterocycles. The molecular weight excluding hydrogens is 361 g/mol. The minimum Gasteiger partial charge on any atom is -0.435 e. The van der Waals surface area contributed by atoms with Gasteiger partial charge in [0.05, 0.1) is 12.0 Å². The number of carbonyl (C=O) groups is 1. The smallest absolute Gasteiger partial charge is 0.435 e. The molecule has 0 radical (unpaired) electrons. The molecule has 2 aromatic rings. The van der Waals surface area contributed by atoms with E-state index in [4.69, 9.17) is 17.3 Å². The summed E-state index contributed by atoms with van der Waals surface area (Å²) in [5, 5.41) is 4.43. The third-order valence-electron chi connectivity index (χ3n) is 3.28. The molecule has 10 heteroatoms. The number of aliphatic imine (C=N–C) groups is 1. The monoisotopic (exact) mass is 374 g/mol. The van der Waals surface area contributed by atoms with Crippen molar-refractivity contribution < 1.29 is 22.7 Å². The second kappa shape index (κ2) is 7.14. The lowest BCUT2D eigenvalue weighted by molar-refractivity contribution is -0.197. The second-order valence-electron chi connectivity index (χ2n) is 5.05. The first-order valence-electron chi connectivity index (χ1n) is 7.02. The minimum absolute atomic E-state index is 0.0401. The van der Waals surface area contributed by atoms with E-state index in [0.29, 0.717) is 26.5 Å². The van der Waals surface area contributed by atoms with Crippen LogP contribution in [0.3, 0.4) is 0 Å². The number of hydrogen-bond acceptors (Lipinski definition) is 4. The van der Waals surface area contributed by atoms with Gasteiger partial charge in [0.2, 0.25) is 0 Å². The molecule has 0 saturated carbocycles. The first-order valence-corrected chi connectivity index (χ1v) is 7.40. The van der Waals surface area contributed by atoms with Gasteiger partial charge in [0.15, 0.2) is 11.9 Å². The van der Waals surface area contributed by atoms with Crippen LogP contribution in [0.1, 0.15) is 12.6 Å². The van der Waals surface area contributed by atoms with E-state index in [2.05, 4.69) is 14.8 Å². The van der Waals surface area contributed by atoms with Crippen LogP contribution in [-0.2, 0) is 4.74 Å². The second-order valence-corrected chi connectivity index (χ2v) is 5.48. The number of rotatable bonds is 3. The van der Waals surface area contributed by atoms with Crippen molar-refractivity contribution in [3.63, 3.8) is 0 Å². The van der Waals surface area contributed by atoms with E-state index < -0.39 is 18.4 Å². The number of nitrogens with two attached hydrogens (primary N) is 1. The van der Waals surface area contributed by atoms with Crippen LogP contribution in [0.15, 0.2) is 29.3 Å². The summed E-state index contributed by atoms with van der Waals surface area (Å²) in [6, 6.07) is 6.56. The lowest BCUT2D eigenvalue weighted by atomic mass is 10.1. The quantitative estimate of drug-likeness (QED) is 0.648. The zero-order valence-electron chi connectivity index (χ0n) is 13.2. The Kier molecular flexibility index (Phi) is 5.36. The number of hydrogen-bond donors (Lipinski definition) is 1. The molecule has 0 spiro atoms. The Balaban J connectivity index is 2.48. The molecule has 1 unspecified atom stereocenters. The first kappa shape index (κ1) is 18.8. The maximum atomic E-state index is 12.6. The fourth-order valence-corrected chi connectivity index (χ4v) is 2.18. The van der Waals surface area contributed by atoms with E-state index >= 15 is 0 Å². The molecule has 0 amide bonds. The van der Waals surface area contributed by atoms with Crippen LogP contribution < -0.4 is 5.73 Å². The molecule has 0 bridgehead atoms. The molecule has 0 fully saturated rings. The number of halogens is 4. The zero-order valence-corrected chi connectivity index (χ0v) is 14.0. The van der Waals surface area contributed by atoms with Gasteiger partial charge in [0.25, 0.3) is 0 Å². The summed E-state index contributed by atoms with van der Waals surface area (Å²) in [6.07, 6.45) is -7.38. The van der Waals surface area contributed by atoms with E-state index in [1.807, 2.05) is 0 Å². The third kappa shape index (κ3) is 4.11. The lowest BCUT2D eigenvalue weighted by Crippen LogP contribution is -2.32. The maximum Gasteiger partial charge on any atom is 0.437 e. The van der Waals surface area contributed by atoms with Gasteiger partial charge >= 0.3 is 12.3 Å². The Morgan fingerprint density at radius 1 is 1.40 bits per heavy atom. The molecule has 6 nitrogen and oxygen atoms in total. The van der Waals surface area contributed by atoms with Crippen molar-refractivity contribution in [1.82, 2.24) is 9.78 Å². The predicted molar refractivity (Wildman–Crippen MR) is 87.1 cm³/mol. The van der Waals surface area contributed by atoms with Crippen molar-refractivity contribution in [2.45, 2.75) is 26.1 Å². The number of benzene rings is 1. The summed E-state index contributed by atoms with van der Waals surface area (Å²) in [7, 11) is 0. The fraction of sp³-hybridized carbons (Fsp3) is 0.267. The highest BCUT2D eigenvalue weighted by Crippen LogP contribution is 2.34. The number of carbonyl (C=O) groups excluding carboxylic acids is 1. The number of ether oxygens (including phenoxy) is 1. The van der Waals surface area contributed by atoms with Crippen LogP contribution in [0, 0.1) is 6.92 Å². The highest BCUT2D eigenvalue weighted by atomic mass is 35.5. The number of aryl methyl sites for hydroxylation is 1. The van der Waals surface area contributed by atoms with E-state index in [9.17, 15) is 18.0 Å². The summed E-state index contributed by atoms with van der Waals surface area (Å²) >= 11 is 5.84. The highest BCUT2D eigenvalue weighted by molar-refractivity contribution is 6.30. The Morgan fingerprint density at radius 2 is 2.00 bits per heavy atom. The van der Waals surface area contributed by atoms with Gasteiger partial charge in [0, 0.05) is 10.6 Å².